The fraction of sp³-hybridized carbons (Fsp3) is 0.500. The van der Waals surface area contributed by atoms with Crippen molar-refractivity contribution in [2.45, 2.75) is 40.0 Å². The number of hydrogen-bond donors (Lipinski definition) is 1. The van der Waals surface area contributed by atoms with Gasteiger partial charge in [0, 0.05) is 6.20 Å². The quantitative estimate of drug-likeness (QED) is 0.923. The average Bonchev–Trinajstić information content (AvgIpc) is 2.91. The molecule has 1 N–H and O–H groups in total. The van der Waals surface area contributed by atoms with Gasteiger partial charge in [0.1, 0.15) is 6.33 Å². The van der Waals surface area contributed by atoms with E-state index in [1.807, 2.05) is 33.8 Å². The van der Waals surface area contributed by atoms with Crippen LogP contribution in [0, 0.1) is 5.41 Å². The Labute approximate surface area is 123 Å². The van der Waals surface area contributed by atoms with Crippen LogP contribution in [0.5, 0.6) is 0 Å². The van der Waals surface area contributed by atoms with Gasteiger partial charge in [-0.1, -0.05) is 27.7 Å². The van der Waals surface area contributed by atoms with E-state index in [1.54, 1.807) is 6.20 Å². The third-order valence-corrected chi connectivity index (χ3v) is 3.40. The van der Waals surface area contributed by atoms with Crippen LogP contribution < -0.4 is 0 Å². The Morgan fingerprint density at radius 3 is 2.62 bits per heavy atom. The van der Waals surface area contributed by atoms with Crippen LogP contribution in [-0.2, 0) is 11.2 Å². The molecule has 7 heteroatoms. The number of hydrogen-bond acceptors (Lipinski definition) is 5. The monoisotopic (exact) mass is 289 g/mol. The maximum Gasteiger partial charge on any atom is 0.311 e. The smallest absolute Gasteiger partial charge is 0.311 e. The lowest BCUT2D eigenvalue weighted by molar-refractivity contribution is -0.141. The van der Waals surface area contributed by atoms with Crippen LogP contribution in [0.2, 0.25) is 0 Å². The van der Waals surface area contributed by atoms with Crippen LogP contribution in [0.1, 0.15) is 44.7 Å². The van der Waals surface area contributed by atoms with Crippen molar-refractivity contribution in [2.24, 2.45) is 5.41 Å². The van der Waals surface area contributed by atoms with Crippen molar-refractivity contribution in [3.05, 3.63) is 29.7 Å². The lowest BCUT2D eigenvalue weighted by atomic mass is 9.75. The van der Waals surface area contributed by atoms with E-state index in [-0.39, 0.29) is 0 Å². The topological polar surface area (TPSA) is 93.8 Å². The predicted molar refractivity (Wildman–Crippen MR) is 76.2 cm³/mol. The van der Waals surface area contributed by atoms with Gasteiger partial charge in [0.2, 0.25) is 0 Å². The molecule has 0 spiro atoms. The molecule has 0 saturated heterocycles. The number of aromatic nitrogens is 5. The van der Waals surface area contributed by atoms with Gasteiger partial charge in [-0.15, -0.1) is 5.10 Å². The molecule has 2 rings (SSSR count). The van der Waals surface area contributed by atoms with Crippen LogP contribution in [0.25, 0.3) is 5.82 Å². The van der Waals surface area contributed by atoms with Crippen LogP contribution in [0.4, 0.5) is 0 Å². The summed E-state index contributed by atoms with van der Waals surface area (Å²) in [5.41, 5.74) is 1.29. The Kier molecular flexibility index (Phi) is 4.02. The number of pyridine rings is 1. The molecule has 0 bridgehead atoms. The summed E-state index contributed by atoms with van der Waals surface area (Å²) in [6.45, 7) is 7.74. The van der Waals surface area contributed by atoms with Crippen molar-refractivity contribution < 1.29 is 9.90 Å². The van der Waals surface area contributed by atoms with E-state index in [9.17, 15) is 9.90 Å². The fourth-order valence-electron chi connectivity index (χ4n) is 2.42. The van der Waals surface area contributed by atoms with Crippen LogP contribution >= 0.6 is 0 Å². The molecule has 7 nitrogen and oxygen atoms in total. The summed E-state index contributed by atoms with van der Waals surface area (Å²) in [6, 6.07) is 1.84. The third kappa shape index (κ3) is 3.07. The van der Waals surface area contributed by atoms with Crippen LogP contribution in [0.3, 0.4) is 0 Å². The molecule has 0 aromatic carbocycles. The van der Waals surface area contributed by atoms with Crippen molar-refractivity contribution in [3.63, 3.8) is 0 Å². The second-order valence-electron chi connectivity index (χ2n) is 5.99. The largest absolute Gasteiger partial charge is 0.481 e. The minimum atomic E-state index is -0.839. The molecule has 0 aliphatic heterocycles. The lowest BCUT2D eigenvalue weighted by Crippen LogP contribution is -2.27. The minimum Gasteiger partial charge on any atom is -0.481 e. The van der Waals surface area contributed by atoms with Gasteiger partial charge < -0.3 is 5.11 Å². The van der Waals surface area contributed by atoms with Crippen molar-refractivity contribution in [3.8, 4) is 5.82 Å². The average molecular weight is 289 g/mol. The molecule has 0 fully saturated rings. The number of aryl methyl sites for hydroxylation is 1. The molecule has 2 aromatic rings. The second-order valence-corrected chi connectivity index (χ2v) is 5.99. The second kappa shape index (κ2) is 5.59. The van der Waals surface area contributed by atoms with Crippen LogP contribution in [0.15, 0.2) is 18.6 Å². The van der Waals surface area contributed by atoms with Gasteiger partial charge in [-0.25, -0.2) is 4.98 Å². The maximum absolute atomic E-state index is 11.7. The Balaban J connectivity index is 2.52. The zero-order valence-electron chi connectivity index (χ0n) is 12.6. The van der Waals surface area contributed by atoms with Gasteiger partial charge in [-0.2, -0.15) is 4.68 Å². The molecule has 0 radical (unpaired) electrons. The zero-order chi connectivity index (χ0) is 15.6. The van der Waals surface area contributed by atoms with Crippen LogP contribution in [-0.4, -0.2) is 36.3 Å². The number of rotatable bonds is 4. The summed E-state index contributed by atoms with van der Waals surface area (Å²) in [7, 11) is 0. The molecule has 0 aliphatic rings. The number of carbonyl (C=O) groups is 1. The van der Waals surface area contributed by atoms with Crippen molar-refractivity contribution >= 4 is 5.97 Å². The molecular formula is C14H19N5O2. The molecule has 0 saturated carbocycles. The van der Waals surface area contributed by atoms with Crippen molar-refractivity contribution in [1.82, 2.24) is 25.2 Å². The van der Waals surface area contributed by atoms with Crippen molar-refractivity contribution in [2.75, 3.05) is 0 Å². The predicted octanol–water partition coefficient (Wildman–Crippen LogP) is 1.83. The molecule has 21 heavy (non-hydrogen) atoms. The number of nitrogens with zero attached hydrogens (tertiary/aromatic N) is 5. The Morgan fingerprint density at radius 1 is 1.43 bits per heavy atom. The summed E-state index contributed by atoms with van der Waals surface area (Å²) < 4.78 is 1.45. The SMILES string of the molecule is CCc1cc(-n2cnnn2)ncc1C(C(=O)O)C(C)(C)C. The number of tetrazole rings is 1. The summed E-state index contributed by atoms with van der Waals surface area (Å²) in [5.74, 6) is -0.865. The van der Waals surface area contributed by atoms with E-state index in [1.165, 1.54) is 11.0 Å². The van der Waals surface area contributed by atoms with Gasteiger partial charge in [-0.3, -0.25) is 4.79 Å². The van der Waals surface area contributed by atoms with Gasteiger partial charge in [0.15, 0.2) is 5.82 Å². The molecule has 1 unspecified atom stereocenters. The van der Waals surface area contributed by atoms with Gasteiger partial charge in [-0.05, 0) is 39.5 Å². The normalized spacial score (nSPS) is 13.1. The third-order valence-electron chi connectivity index (χ3n) is 3.40. The van der Waals surface area contributed by atoms with E-state index in [4.69, 9.17) is 0 Å². The highest BCUT2D eigenvalue weighted by Crippen LogP contribution is 2.37. The highest BCUT2D eigenvalue weighted by molar-refractivity contribution is 5.77. The lowest BCUT2D eigenvalue weighted by Gasteiger charge is -2.28. The summed E-state index contributed by atoms with van der Waals surface area (Å²) in [4.78, 5) is 16.0. The molecule has 0 aliphatic carbocycles. The highest BCUT2D eigenvalue weighted by atomic mass is 16.4. The highest BCUT2D eigenvalue weighted by Gasteiger charge is 2.34. The fourth-order valence-corrected chi connectivity index (χ4v) is 2.42. The van der Waals surface area contributed by atoms with Gasteiger partial charge in [0.25, 0.3) is 0 Å². The van der Waals surface area contributed by atoms with Gasteiger partial charge in [0.05, 0.1) is 5.92 Å². The number of aliphatic carboxylic acids is 1. The van der Waals surface area contributed by atoms with E-state index < -0.39 is 17.3 Å². The van der Waals surface area contributed by atoms with E-state index in [2.05, 4.69) is 20.5 Å². The minimum absolute atomic E-state index is 0.395. The van der Waals surface area contributed by atoms with Gasteiger partial charge >= 0.3 is 5.97 Å². The maximum atomic E-state index is 11.7. The first-order chi connectivity index (χ1) is 9.84. The van der Waals surface area contributed by atoms with E-state index in [0.717, 1.165) is 11.1 Å². The van der Waals surface area contributed by atoms with Crippen molar-refractivity contribution in [1.29, 1.82) is 0 Å². The molecule has 1 atom stereocenters. The zero-order valence-corrected chi connectivity index (χ0v) is 12.6. The summed E-state index contributed by atoms with van der Waals surface area (Å²) in [6.07, 6.45) is 3.80. The Bertz CT molecular complexity index is 631. The summed E-state index contributed by atoms with van der Waals surface area (Å²) >= 11 is 0. The van der Waals surface area contributed by atoms with E-state index in [0.29, 0.717) is 12.2 Å². The molecule has 0 amide bonds. The Morgan fingerprint density at radius 2 is 2.14 bits per heavy atom. The first-order valence-corrected chi connectivity index (χ1v) is 6.79. The van der Waals surface area contributed by atoms with E-state index >= 15 is 0 Å². The molecule has 112 valence electrons. The first kappa shape index (κ1) is 15.1. The number of carboxylic acid groups (broad SMARTS) is 1. The summed E-state index contributed by atoms with van der Waals surface area (Å²) in [5, 5.41) is 20.5. The standard InChI is InChI=1S/C14H19N5O2/c1-5-9-6-11(19-8-16-17-18-19)15-7-10(9)12(13(20)21)14(2,3)4/h6-8,12H,5H2,1-4H3,(H,20,21). The number of carboxylic acids is 1. The molecular weight excluding hydrogens is 270 g/mol. The first-order valence-electron chi connectivity index (χ1n) is 6.79. The molecule has 2 aromatic heterocycles. The Hall–Kier alpha value is -2.31. The molecule has 2 heterocycles.